The van der Waals surface area contributed by atoms with Gasteiger partial charge < -0.3 is 10.1 Å². The van der Waals surface area contributed by atoms with Crippen LogP contribution in [0.1, 0.15) is 24.0 Å². The van der Waals surface area contributed by atoms with Crippen LogP contribution in [-0.2, 0) is 21.1 Å². The Kier molecular flexibility index (Phi) is 8.42. The summed E-state index contributed by atoms with van der Waals surface area (Å²) in [6, 6.07) is 20.5. The number of rotatable bonds is 10. The van der Waals surface area contributed by atoms with E-state index in [1.54, 1.807) is 37.4 Å². The first-order chi connectivity index (χ1) is 20.7. The number of ether oxygens (including phenoxy) is 1. The zero-order valence-electron chi connectivity index (χ0n) is 23.5. The van der Waals surface area contributed by atoms with E-state index in [2.05, 4.69) is 15.4 Å². The van der Waals surface area contributed by atoms with Crippen molar-refractivity contribution >= 4 is 32.9 Å². The van der Waals surface area contributed by atoms with E-state index in [9.17, 15) is 30.8 Å². The van der Waals surface area contributed by atoms with Crippen LogP contribution < -0.4 is 10.1 Å². The van der Waals surface area contributed by atoms with Gasteiger partial charge in [0.25, 0.3) is 0 Å². The molecule has 0 saturated carbocycles. The van der Waals surface area contributed by atoms with Gasteiger partial charge in [-0.2, -0.15) is 18.2 Å². The molecular weight excluding hydrogens is 600 g/mol. The minimum absolute atomic E-state index is 0.00666. The van der Waals surface area contributed by atoms with Crippen molar-refractivity contribution in [2.24, 2.45) is 0 Å². The fourth-order valence-corrected chi connectivity index (χ4v) is 5.09. The predicted molar refractivity (Wildman–Crippen MR) is 156 cm³/mol. The summed E-state index contributed by atoms with van der Waals surface area (Å²) in [6.07, 6.45) is -1.81. The maximum Gasteiger partial charge on any atom is 0.422 e. The van der Waals surface area contributed by atoms with Gasteiger partial charge in [0, 0.05) is 30.9 Å². The number of benzene rings is 3. The molecular formula is C31H26F4N4O4S. The molecule has 3 aromatic carbocycles. The zero-order valence-corrected chi connectivity index (χ0v) is 24.3. The molecule has 44 heavy (non-hydrogen) atoms. The minimum Gasteiger partial charge on any atom is -0.482 e. The number of hydrogen-bond donors (Lipinski definition) is 1. The second-order valence-electron chi connectivity index (χ2n) is 10.2. The third kappa shape index (κ3) is 7.40. The van der Waals surface area contributed by atoms with Crippen LogP contribution in [-0.4, -0.2) is 47.8 Å². The number of ketones is 1. The Labute approximate surface area is 250 Å². The van der Waals surface area contributed by atoms with Crippen LogP contribution in [0.5, 0.6) is 5.75 Å². The van der Waals surface area contributed by atoms with Gasteiger partial charge in [-0.15, -0.1) is 5.10 Å². The van der Waals surface area contributed by atoms with Crippen molar-refractivity contribution in [2.75, 3.05) is 18.2 Å². The quantitative estimate of drug-likeness (QED) is 0.176. The lowest BCUT2D eigenvalue weighted by atomic mass is 9.92. The molecule has 0 fully saturated rings. The highest BCUT2D eigenvalue weighted by molar-refractivity contribution is 7.90. The molecule has 0 spiro atoms. The Bertz CT molecular complexity index is 1920. The number of hydrogen-bond acceptors (Lipinski definition) is 7. The van der Waals surface area contributed by atoms with E-state index in [0.29, 0.717) is 5.65 Å². The molecule has 0 radical (unpaired) electrons. The predicted octanol–water partition coefficient (Wildman–Crippen LogP) is 6.54. The summed E-state index contributed by atoms with van der Waals surface area (Å²) >= 11 is 0. The molecule has 1 atom stereocenters. The van der Waals surface area contributed by atoms with Gasteiger partial charge in [0.15, 0.2) is 22.1 Å². The standard InChI is InChI=1S/C31H26F4N4O4S/c1-19(21-7-9-24(32)10-8-21)27(40)15-20-3-5-22(6-4-20)23-13-14-39-29(16-23)37-30(38-39)36-26-12-11-25(44(2,41)42)17-28(26)43-18-31(33,34)35/h3-14,16-17,19H,15,18H2,1-2H3,(H,36,38)/t19-/m1/s1. The second kappa shape index (κ2) is 12.1. The number of Topliss-reactive ketones (excluding diaryl/α,β-unsaturated/α-hetero) is 1. The van der Waals surface area contributed by atoms with Gasteiger partial charge in [0.05, 0.1) is 10.6 Å². The first-order valence-electron chi connectivity index (χ1n) is 13.3. The van der Waals surface area contributed by atoms with E-state index in [0.717, 1.165) is 34.6 Å². The second-order valence-corrected chi connectivity index (χ2v) is 12.2. The molecule has 0 aliphatic carbocycles. The molecule has 13 heteroatoms. The van der Waals surface area contributed by atoms with Gasteiger partial charge in [-0.05, 0) is 58.7 Å². The zero-order chi connectivity index (χ0) is 31.6. The minimum atomic E-state index is -4.63. The number of halogens is 4. The molecule has 1 N–H and O–H groups in total. The van der Waals surface area contributed by atoms with Gasteiger partial charge in [0.1, 0.15) is 17.3 Å². The lowest BCUT2D eigenvalue weighted by Gasteiger charge is -2.14. The third-order valence-electron chi connectivity index (χ3n) is 6.88. The Morgan fingerprint density at radius 1 is 0.977 bits per heavy atom. The number of nitrogens with one attached hydrogen (secondary N) is 1. The van der Waals surface area contributed by atoms with Crippen molar-refractivity contribution in [2.45, 2.75) is 30.3 Å². The fraction of sp³-hybridized carbons (Fsp3) is 0.194. The number of sulfone groups is 1. The summed E-state index contributed by atoms with van der Waals surface area (Å²) in [5.41, 5.74) is 3.72. The Hall–Kier alpha value is -4.78. The summed E-state index contributed by atoms with van der Waals surface area (Å²) in [4.78, 5) is 17.0. The summed E-state index contributed by atoms with van der Waals surface area (Å²) in [5, 5.41) is 7.10. The maximum absolute atomic E-state index is 13.2. The van der Waals surface area contributed by atoms with Gasteiger partial charge in [-0.25, -0.2) is 17.3 Å². The van der Waals surface area contributed by atoms with Crippen molar-refractivity contribution in [1.29, 1.82) is 0 Å². The number of pyridine rings is 1. The molecule has 0 saturated heterocycles. The van der Waals surface area contributed by atoms with Crippen LogP contribution in [0.15, 0.2) is 90.0 Å². The van der Waals surface area contributed by atoms with Crippen LogP contribution in [0.3, 0.4) is 0 Å². The first-order valence-corrected chi connectivity index (χ1v) is 15.2. The molecule has 2 heterocycles. The molecule has 0 aliphatic heterocycles. The Morgan fingerprint density at radius 3 is 2.34 bits per heavy atom. The van der Waals surface area contributed by atoms with Crippen LogP contribution in [0.4, 0.5) is 29.2 Å². The highest BCUT2D eigenvalue weighted by Gasteiger charge is 2.29. The Balaban J connectivity index is 1.32. The summed E-state index contributed by atoms with van der Waals surface area (Å²) in [5.74, 6) is -0.998. The third-order valence-corrected chi connectivity index (χ3v) is 7.99. The van der Waals surface area contributed by atoms with Gasteiger partial charge in [-0.3, -0.25) is 4.79 Å². The number of fused-ring (bicyclic) bond motifs is 1. The smallest absolute Gasteiger partial charge is 0.422 e. The number of alkyl halides is 3. The number of anilines is 2. The van der Waals surface area contributed by atoms with E-state index < -0.39 is 22.6 Å². The van der Waals surface area contributed by atoms with Gasteiger partial charge >= 0.3 is 6.18 Å². The summed E-state index contributed by atoms with van der Waals surface area (Å²) in [7, 11) is -3.70. The summed E-state index contributed by atoms with van der Waals surface area (Å²) in [6.45, 7) is 0.180. The molecule has 2 aromatic heterocycles. The molecule has 8 nitrogen and oxygen atoms in total. The van der Waals surface area contributed by atoms with Crippen LogP contribution in [0.25, 0.3) is 16.8 Å². The average molecular weight is 627 g/mol. The van der Waals surface area contributed by atoms with Crippen molar-refractivity contribution in [3.05, 3.63) is 102 Å². The number of carbonyl (C=O) groups excluding carboxylic acids is 1. The summed E-state index contributed by atoms with van der Waals surface area (Å²) < 4.78 is 81.9. The highest BCUT2D eigenvalue weighted by atomic mass is 32.2. The van der Waals surface area contributed by atoms with Crippen molar-refractivity contribution < 1.29 is 35.5 Å². The number of nitrogens with zero attached hydrogens (tertiary/aromatic N) is 3. The van der Waals surface area contributed by atoms with E-state index in [1.165, 1.54) is 28.8 Å². The van der Waals surface area contributed by atoms with Crippen molar-refractivity contribution in [3.63, 3.8) is 0 Å². The van der Waals surface area contributed by atoms with E-state index in [-0.39, 0.29) is 46.2 Å². The molecule has 228 valence electrons. The van der Waals surface area contributed by atoms with E-state index >= 15 is 0 Å². The Morgan fingerprint density at radius 2 is 1.68 bits per heavy atom. The molecule has 0 unspecified atom stereocenters. The van der Waals surface area contributed by atoms with Crippen LogP contribution in [0.2, 0.25) is 0 Å². The van der Waals surface area contributed by atoms with Crippen LogP contribution in [0, 0.1) is 5.82 Å². The highest BCUT2D eigenvalue weighted by Crippen LogP contribution is 2.32. The van der Waals surface area contributed by atoms with E-state index in [1.807, 2.05) is 24.3 Å². The molecule has 0 bridgehead atoms. The average Bonchev–Trinajstić information content (AvgIpc) is 3.37. The fourth-order valence-electron chi connectivity index (χ4n) is 4.46. The van der Waals surface area contributed by atoms with Gasteiger partial charge in [-0.1, -0.05) is 43.3 Å². The molecule has 5 rings (SSSR count). The lowest BCUT2D eigenvalue weighted by molar-refractivity contribution is -0.153. The number of carbonyl (C=O) groups is 1. The van der Waals surface area contributed by atoms with E-state index in [4.69, 9.17) is 4.74 Å². The van der Waals surface area contributed by atoms with Crippen LogP contribution >= 0.6 is 0 Å². The SMILES string of the molecule is C[C@@H](C(=O)Cc1ccc(-c2ccn3nc(Nc4ccc(S(C)(=O)=O)cc4OCC(F)(F)F)nc3c2)cc1)c1ccc(F)cc1. The van der Waals surface area contributed by atoms with Crippen molar-refractivity contribution in [3.8, 4) is 16.9 Å². The first kappa shape index (κ1) is 30.7. The normalized spacial score (nSPS) is 12.7. The molecule has 5 aromatic rings. The molecule has 0 amide bonds. The number of aromatic nitrogens is 3. The maximum atomic E-state index is 13.2. The topological polar surface area (TPSA) is 103 Å². The molecule has 0 aliphatic rings. The van der Waals surface area contributed by atoms with Crippen molar-refractivity contribution in [1.82, 2.24) is 14.6 Å². The lowest BCUT2D eigenvalue weighted by Crippen LogP contribution is -2.19. The van der Waals surface area contributed by atoms with Gasteiger partial charge in [0.2, 0.25) is 5.95 Å². The largest absolute Gasteiger partial charge is 0.482 e. The monoisotopic (exact) mass is 626 g/mol.